The van der Waals surface area contributed by atoms with Crippen molar-refractivity contribution in [3.8, 4) is 0 Å². The molecular formula is C11H18N2. The van der Waals surface area contributed by atoms with Gasteiger partial charge in [-0.15, -0.1) is 0 Å². The van der Waals surface area contributed by atoms with Crippen molar-refractivity contribution < 1.29 is 0 Å². The highest BCUT2D eigenvalue weighted by Crippen LogP contribution is 2.16. The van der Waals surface area contributed by atoms with Crippen molar-refractivity contribution in [3.05, 3.63) is 29.6 Å². The molecule has 0 aliphatic rings. The number of likely N-dealkylation sites (N-methyl/N-ethyl adjacent to an activating group) is 1. The molecule has 2 atom stereocenters. The number of hydrogen-bond acceptors (Lipinski definition) is 2. The Hall–Kier alpha value is -0.890. The summed E-state index contributed by atoms with van der Waals surface area (Å²) in [6.45, 7) is 6.47. The first-order chi connectivity index (χ1) is 6.15. The van der Waals surface area contributed by atoms with E-state index in [9.17, 15) is 0 Å². The zero-order valence-electron chi connectivity index (χ0n) is 8.83. The third-order valence-electron chi connectivity index (χ3n) is 2.61. The van der Waals surface area contributed by atoms with E-state index in [1.165, 1.54) is 11.3 Å². The van der Waals surface area contributed by atoms with Crippen molar-refractivity contribution in [1.82, 2.24) is 10.3 Å². The van der Waals surface area contributed by atoms with Gasteiger partial charge in [0, 0.05) is 23.9 Å². The molecule has 0 aromatic carbocycles. The number of hydrogen-bond donors (Lipinski definition) is 1. The van der Waals surface area contributed by atoms with E-state index in [4.69, 9.17) is 0 Å². The van der Waals surface area contributed by atoms with Gasteiger partial charge in [0.05, 0.1) is 0 Å². The fraction of sp³-hybridized carbons (Fsp3) is 0.545. The topological polar surface area (TPSA) is 24.9 Å². The molecule has 1 N–H and O–H groups in total. The fourth-order valence-corrected chi connectivity index (χ4v) is 1.31. The van der Waals surface area contributed by atoms with Crippen molar-refractivity contribution in [2.75, 3.05) is 7.05 Å². The van der Waals surface area contributed by atoms with Gasteiger partial charge in [-0.25, -0.2) is 0 Å². The summed E-state index contributed by atoms with van der Waals surface area (Å²) in [4.78, 5) is 4.37. The summed E-state index contributed by atoms with van der Waals surface area (Å²) in [6, 6.07) is 4.65. The van der Waals surface area contributed by atoms with Crippen LogP contribution in [0.1, 0.15) is 31.0 Å². The Bertz CT molecular complexity index is 271. The highest BCUT2D eigenvalue weighted by atomic mass is 14.9. The van der Waals surface area contributed by atoms with Crippen molar-refractivity contribution in [1.29, 1.82) is 0 Å². The lowest BCUT2D eigenvalue weighted by Crippen LogP contribution is -2.27. The van der Waals surface area contributed by atoms with E-state index in [0.29, 0.717) is 12.0 Å². The molecule has 0 saturated heterocycles. The third kappa shape index (κ3) is 2.52. The van der Waals surface area contributed by atoms with E-state index in [2.05, 4.69) is 37.1 Å². The molecule has 13 heavy (non-hydrogen) atoms. The van der Waals surface area contributed by atoms with Crippen LogP contribution in [-0.4, -0.2) is 18.1 Å². The van der Waals surface area contributed by atoms with Gasteiger partial charge in [-0.05, 0) is 38.6 Å². The Labute approximate surface area is 80.4 Å². The van der Waals surface area contributed by atoms with Crippen molar-refractivity contribution in [2.45, 2.75) is 32.7 Å². The quantitative estimate of drug-likeness (QED) is 0.766. The number of rotatable bonds is 3. The monoisotopic (exact) mass is 178 g/mol. The summed E-state index contributed by atoms with van der Waals surface area (Å²) in [5.74, 6) is 0.463. The Morgan fingerprint density at radius 2 is 2.08 bits per heavy atom. The molecule has 1 aromatic rings. The van der Waals surface area contributed by atoms with Crippen LogP contribution in [0, 0.1) is 6.92 Å². The maximum Gasteiger partial charge on any atom is 0.0449 e. The third-order valence-corrected chi connectivity index (χ3v) is 2.61. The molecule has 0 amide bonds. The second-order valence-electron chi connectivity index (χ2n) is 3.62. The average molecular weight is 178 g/mol. The molecule has 2 nitrogen and oxygen atoms in total. The van der Waals surface area contributed by atoms with Crippen LogP contribution in [0.15, 0.2) is 18.3 Å². The van der Waals surface area contributed by atoms with Crippen molar-refractivity contribution >= 4 is 0 Å². The van der Waals surface area contributed by atoms with E-state index >= 15 is 0 Å². The fourth-order valence-electron chi connectivity index (χ4n) is 1.31. The van der Waals surface area contributed by atoms with E-state index in [1.807, 2.05) is 19.3 Å². The average Bonchev–Trinajstić information content (AvgIpc) is 2.15. The van der Waals surface area contributed by atoms with Crippen molar-refractivity contribution in [2.24, 2.45) is 0 Å². The van der Waals surface area contributed by atoms with Gasteiger partial charge in [0.2, 0.25) is 0 Å². The first kappa shape index (κ1) is 10.2. The lowest BCUT2D eigenvalue weighted by atomic mass is 9.98. The number of nitrogens with zero attached hydrogens (tertiary/aromatic N) is 1. The van der Waals surface area contributed by atoms with Crippen LogP contribution < -0.4 is 5.32 Å². The largest absolute Gasteiger partial charge is 0.317 e. The van der Waals surface area contributed by atoms with Crippen LogP contribution >= 0.6 is 0 Å². The number of nitrogens with one attached hydrogen (secondary N) is 1. The minimum atomic E-state index is 0.463. The molecule has 2 heteroatoms. The van der Waals surface area contributed by atoms with Gasteiger partial charge in [0.25, 0.3) is 0 Å². The van der Waals surface area contributed by atoms with Crippen LogP contribution in [0.25, 0.3) is 0 Å². The summed E-state index contributed by atoms with van der Waals surface area (Å²) in [6.07, 6.45) is 1.88. The summed E-state index contributed by atoms with van der Waals surface area (Å²) < 4.78 is 0. The SMILES string of the molecule is CNC(C)C(C)c1cc(C)ccn1. The summed E-state index contributed by atoms with van der Waals surface area (Å²) >= 11 is 0. The van der Waals surface area contributed by atoms with E-state index < -0.39 is 0 Å². The van der Waals surface area contributed by atoms with Gasteiger partial charge in [-0.2, -0.15) is 0 Å². The lowest BCUT2D eigenvalue weighted by molar-refractivity contribution is 0.515. The molecule has 0 spiro atoms. The lowest BCUT2D eigenvalue weighted by Gasteiger charge is -2.18. The van der Waals surface area contributed by atoms with Crippen LogP contribution in [0.4, 0.5) is 0 Å². The minimum Gasteiger partial charge on any atom is -0.317 e. The molecular weight excluding hydrogens is 160 g/mol. The molecule has 0 aliphatic carbocycles. The molecule has 2 unspecified atom stereocenters. The van der Waals surface area contributed by atoms with Gasteiger partial charge in [0.15, 0.2) is 0 Å². The molecule has 1 rings (SSSR count). The molecule has 0 fully saturated rings. The van der Waals surface area contributed by atoms with Crippen LogP contribution in [0.3, 0.4) is 0 Å². The maximum absolute atomic E-state index is 4.37. The molecule has 0 radical (unpaired) electrons. The van der Waals surface area contributed by atoms with E-state index in [-0.39, 0.29) is 0 Å². The number of aromatic nitrogens is 1. The molecule has 1 aromatic heterocycles. The first-order valence-corrected chi connectivity index (χ1v) is 4.75. The Balaban J connectivity index is 2.82. The molecule has 0 bridgehead atoms. The smallest absolute Gasteiger partial charge is 0.0449 e. The summed E-state index contributed by atoms with van der Waals surface area (Å²) in [7, 11) is 1.98. The van der Waals surface area contributed by atoms with Gasteiger partial charge in [0.1, 0.15) is 0 Å². The number of aryl methyl sites for hydroxylation is 1. The van der Waals surface area contributed by atoms with Gasteiger partial charge < -0.3 is 5.32 Å². The van der Waals surface area contributed by atoms with E-state index in [1.54, 1.807) is 0 Å². The minimum absolute atomic E-state index is 0.463. The van der Waals surface area contributed by atoms with Crippen LogP contribution in [0.2, 0.25) is 0 Å². The Kier molecular flexibility index (Phi) is 3.43. The van der Waals surface area contributed by atoms with Crippen LogP contribution in [-0.2, 0) is 0 Å². The van der Waals surface area contributed by atoms with E-state index in [0.717, 1.165) is 0 Å². The predicted octanol–water partition coefficient (Wildman–Crippen LogP) is 2.10. The summed E-state index contributed by atoms with van der Waals surface area (Å²) in [5.41, 5.74) is 2.45. The van der Waals surface area contributed by atoms with Gasteiger partial charge in [-0.1, -0.05) is 6.92 Å². The normalized spacial score (nSPS) is 15.4. The maximum atomic E-state index is 4.37. The second kappa shape index (κ2) is 4.38. The summed E-state index contributed by atoms with van der Waals surface area (Å²) in [5, 5.41) is 3.24. The van der Waals surface area contributed by atoms with Gasteiger partial charge in [-0.3, -0.25) is 4.98 Å². The highest BCUT2D eigenvalue weighted by molar-refractivity contribution is 5.18. The first-order valence-electron chi connectivity index (χ1n) is 4.75. The molecule has 72 valence electrons. The van der Waals surface area contributed by atoms with Crippen molar-refractivity contribution in [3.63, 3.8) is 0 Å². The highest BCUT2D eigenvalue weighted by Gasteiger charge is 2.13. The molecule has 1 heterocycles. The second-order valence-corrected chi connectivity index (χ2v) is 3.62. The van der Waals surface area contributed by atoms with Crippen LogP contribution in [0.5, 0.6) is 0 Å². The Morgan fingerprint density at radius 1 is 1.38 bits per heavy atom. The van der Waals surface area contributed by atoms with Gasteiger partial charge >= 0.3 is 0 Å². The molecule has 0 saturated carbocycles. The predicted molar refractivity (Wildman–Crippen MR) is 55.9 cm³/mol. The Morgan fingerprint density at radius 3 is 2.62 bits per heavy atom. The number of pyridine rings is 1. The standard InChI is InChI=1S/C11H18N2/c1-8-5-6-13-11(7-8)9(2)10(3)12-4/h5-7,9-10,12H,1-4H3. The molecule has 0 aliphatic heterocycles. The zero-order chi connectivity index (χ0) is 9.84. The zero-order valence-corrected chi connectivity index (χ0v) is 8.83.